The summed E-state index contributed by atoms with van der Waals surface area (Å²) in [5.41, 5.74) is 14.8. The molecule has 0 saturated heterocycles. The lowest BCUT2D eigenvalue weighted by Gasteiger charge is -2.09. The van der Waals surface area contributed by atoms with E-state index in [-0.39, 0.29) is 0 Å². The molecule has 0 saturated carbocycles. The summed E-state index contributed by atoms with van der Waals surface area (Å²) < 4.78 is 3.60. The van der Waals surface area contributed by atoms with Gasteiger partial charge < -0.3 is 9.55 Å². The molecule has 50 heavy (non-hydrogen) atoms. The molecule has 10 aromatic rings. The molecule has 0 radical (unpaired) electrons. The average molecular weight is 659 g/mol. The summed E-state index contributed by atoms with van der Waals surface area (Å²) in [5.74, 6) is 0.884. The summed E-state index contributed by atoms with van der Waals surface area (Å²) in [4.78, 5) is 13.1. The number of nitrogens with zero attached hydrogens (tertiary/aromatic N) is 3. The molecule has 0 amide bonds. The van der Waals surface area contributed by atoms with Crippen LogP contribution in [0.2, 0.25) is 0 Å². The van der Waals surface area contributed by atoms with Gasteiger partial charge in [-0.15, -0.1) is 11.3 Å². The Morgan fingerprint density at radius 2 is 1.06 bits per heavy atom. The third-order valence-electron chi connectivity index (χ3n) is 9.70. The second-order valence-corrected chi connectivity index (χ2v) is 13.9. The maximum Gasteiger partial charge on any atom is 0.138 e. The molecule has 5 heteroatoms. The first-order valence-electron chi connectivity index (χ1n) is 16.8. The molecule has 0 spiro atoms. The van der Waals surface area contributed by atoms with Gasteiger partial charge in [0.05, 0.1) is 32.3 Å². The van der Waals surface area contributed by atoms with Crippen molar-refractivity contribution in [3.8, 4) is 49.9 Å². The Balaban J connectivity index is 1.07. The highest BCUT2D eigenvalue weighted by molar-refractivity contribution is 7.21. The van der Waals surface area contributed by atoms with Crippen LogP contribution in [0.3, 0.4) is 0 Å². The van der Waals surface area contributed by atoms with E-state index in [9.17, 15) is 0 Å². The van der Waals surface area contributed by atoms with Gasteiger partial charge in [0.15, 0.2) is 0 Å². The van der Waals surface area contributed by atoms with E-state index in [0.717, 1.165) is 44.2 Å². The Labute approximate surface area is 293 Å². The van der Waals surface area contributed by atoms with Crippen molar-refractivity contribution in [3.05, 3.63) is 163 Å². The number of fused-ring (bicyclic) bond motifs is 5. The molecule has 7 aromatic carbocycles. The van der Waals surface area contributed by atoms with Gasteiger partial charge in [0.2, 0.25) is 0 Å². The predicted octanol–water partition coefficient (Wildman–Crippen LogP) is 12.2. The third-order valence-corrected chi connectivity index (χ3v) is 10.8. The van der Waals surface area contributed by atoms with Crippen LogP contribution in [0.1, 0.15) is 5.56 Å². The second-order valence-electron chi connectivity index (χ2n) is 12.9. The van der Waals surface area contributed by atoms with Crippen LogP contribution in [0.4, 0.5) is 0 Å². The second kappa shape index (κ2) is 11.4. The van der Waals surface area contributed by atoms with Gasteiger partial charge in [0.25, 0.3) is 0 Å². The summed E-state index contributed by atoms with van der Waals surface area (Å²) in [6.07, 6.45) is 0. The number of nitrogens with one attached hydrogen (secondary N) is 1. The molecule has 0 atom stereocenters. The first-order chi connectivity index (χ1) is 24.6. The van der Waals surface area contributed by atoms with Gasteiger partial charge in [-0.05, 0) is 89.8 Å². The zero-order valence-corrected chi connectivity index (χ0v) is 28.1. The maximum atomic E-state index is 4.87. The highest BCUT2D eigenvalue weighted by atomic mass is 32.1. The number of rotatable bonds is 5. The lowest BCUT2D eigenvalue weighted by molar-refractivity contribution is 1.17. The molecular formula is C45H30N4S. The van der Waals surface area contributed by atoms with Gasteiger partial charge in [-0.1, -0.05) is 103 Å². The molecule has 0 aliphatic heterocycles. The minimum absolute atomic E-state index is 0.884. The van der Waals surface area contributed by atoms with Crippen molar-refractivity contribution < 1.29 is 0 Å². The van der Waals surface area contributed by atoms with Crippen LogP contribution in [0.15, 0.2) is 158 Å². The molecular weight excluding hydrogens is 629 g/mol. The molecule has 0 fully saturated rings. The minimum atomic E-state index is 0.884. The van der Waals surface area contributed by atoms with Crippen molar-refractivity contribution in [2.24, 2.45) is 0 Å². The molecule has 1 N–H and O–H groups in total. The molecule has 4 nitrogen and oxygen atoms in total. The Morgan fingerprint density at radius 1 is 0.500 bits per heavy atom. The van der Waals surface area contributed by atoms with Crippen LogP contribution < -0.4 is 0 Å². The number of hydrogen-bond acceptors (Lipinski definition) is 3. The summed E-state index contributed by atoms with van der Waals surface area (Å²) in [6, 6.07) is 56.5. The highest BCUT2D eigenvalue weighted by Gasteiger charge is 2.16. The van der Waals surface area contributed by atoms with E-state index in [1.165, 1.54) is 54.3 Å². The number of imidazole rings is 1. The SMILES string of the molecule is Cc1ccc(-n2c3ccc(-c4ccc(-c5nc6ccccc6[nH]5)cc4)cc3c3cc(-c4ccc(-c5nc6ccccc6s5)cc4)ccc32)cc1. The van der Waals surface area contributed by atoms with Gasteiger partial charge in [-0.3, -0.25) is 0 Å². The van der Waals surface area contributed by atoms with Gasteiger partial charge >= 0.3 is 0 Å². The number of para-hydroxylation sites is 3. The van der Waals surface area contributed by atoms with Crippen molar-refractivity contribution in [1.82, 2.24) is 19.5 Å². The minimum Gasteiger partial charge on any atom is -0.338 e. The number of aromatic nitrogens is 4. The average Bonchev–Trinajstić information content (AvgIpc) is 3.89. The fourth-order valence-corrected chi connectivity index (χ4v) is 8.04. The summed E-state index contributed by atoms with van der Waals surface area (Å²) >= 11 is 1.74. The van der Waals surface area contributed by atoms with Gasteiger partial charge in [0, 0.05) is 27.6 Å². The lowest BCUT2D eigenvalue weighted by Crippen LogP contribution is -1.93. The topological polar surface area (TPSA) is 46.5 Å². The van der Waals surface area contributed by atoms with E-state index >= 15 is 0 Å². The largest absolute Gasteiger partial charge is 0.338 e. The zero-order chi connectivity index (χ0) is 33.2. The summed E-state index contributed by atoms with van der Waals surface area (Å²) in [7, 11) is 0. The van der Waals surface area contributed by atoms with Crippen LogP contribution in [0.5, 0.6) is 0 Å². The van der Waals surface area contributed by atoms with Crippen molar-refractivity contribution in [2.75, 3.05) is 0 Å². The van der Waals surface area contributed by atoms with Crippen LogP contribution >= 0.6 is 11.3 Å². The molecule has 0 aliphatic rings. The summed E-state index contributed by atoms with van der Waals surface area (Å²) in [5, 5.41) is 3.51. The van der Waals surface area contributed by atoms with E-state index in [0.29, 0.717) is 0 Å². The number of benzene rings is 7. The molecule has 0 aliphatic carbocycles. The van der Waals surface area contributed by atoms with E-state index in [1.807, 2.05) is 24.3 Å². The first kappa shape index (κ1) is 28.7. The van der Waals surface area contributed by atoms with E-state index < -0.39 is 0 Å². The Hall–Kier alpha value is -6.30. The first-order valence-corrected chi connectivity index (χ1v) is 17.6. The fourth-order valence-electron chi connectivity index (χ4n) is 7.07. The summed E-state index contributed by atoms with van der Waals surface area (Å²) in [6.45, 7) is 2.13. The Kier molecular flexibility index (Phi) is 6.54. The van der Waals surface area contributed by atoms with E-state index in [4.69, 9.17) is 9.97 Å². The smallest absolute Gasteiger partial charge is 0.138 e. The van der Waals surface area contributed by atoms with Crippen LogP contribution in [0.25, 0.3) is 93.0 Å². The standard InChI is InChI=1S/C45H30N4S/c1-28-10-22-35(23-11-28)49-41-24-20-33(29-12-16-31(17-13-29)44-46-38-6-2-3-7-39(38)47-44)26-36(41)37-27-34(21-25-42(37)49)30-14-18-32(19-15-30)45-48-40-8-4-5-9-43(40)50-45/h2-27H,1H3,(H,46,47). The van der Waals surface area contributed by atoms with Crippen molar-refractivity contribution in [3.63, 3.8) is 0 Å². The predicted molar refractivity (Wildman–Crippen MR) is 210 cm³/mol. The van der Waals surface area contributed by atoms with Crippen molar-refractivity contribution in [1.29, 1.82) is 0 Å². The Morgan fingerprint density at radius 3 is 1.70 bits per heavy atom. The monoisotopic (exact) mass is 658 g/mol. The lowest BCUT2D eigenvalue weighted by atomic mass is 9.99. The van der Waals surface area contributed by atoms with Gasteiger partial charge in [-0.2, -0.15) is 0 Å². The number of H-pyrrole nitrogens is 1. The third kappa shape index (κ3) is 4.82. The highest BCUT2D eigenvalue weighted by Crippen LogP contribution is 2.38. The van der Waals surface area contributed by atoms with Crippen LogP contribution in [-0.4, -0.2) is 19.5 Å². The number of thiazole rings is 1. The molecule has 236 valence electrons. The molecule has 0 unspecified atom stereocenters. The zero-order valence-electron chi connectivity index (χ0n) is 27.3. The normalized spacial score (nSPS) is 11.7. The number of aromatic amines is 1. The molecule has 3 aromatic heterocycles. The van der Waals surface area contributed by atoms with Crippen LogP contribution in [-0.2, 0) is 0 Å². The van der Waals surface area contributed by atoms with Crippen molar-refractivity contribution >= 4 is 54.4 Å². The van der Waals surface area contributed by atoms with Gasteiger partial charge in [-0.25, -0.2) is 9.97 Å². The molecule has 0 bridgehead atoms. The quantitative estimate of drug-likeness (QED) is 0.200. The number of aryl methyl sites for hydroxylation is 1. The van der Waals surface area contributed by atoms with E-state index in [2.05, 4.69) is 150 Å². The number of hydrogen-bond donors (Lipinski definition) is 1. The fraction of sp³-hybridized carbons (Fsp3) is 0.0222. The molecule has 10 rings (SSSR count). The maximum absolute atomic E-state index is 4.87. The van der Waals surface area contributed by atoms with Crippen molar-refractivity contribution in [2.45, 2.75) is 6.92 Å². The Bertz CT molecular complexity index is 2610. The van der Waals surface area contributed by atoms with Gasteiger partial charge in [0.1, 0.15) is 10.8 Å². The van der Waals surface area contributed by atoms with E-state index in [1.54, 1.807) is 11.3 Å². The van der Waals surface area contributed by atoms with Crippen LogP contribution in [0, 0.1) is 6.92 Å². The molecule has 3 heterocycles.